The van der Waals surface area contributed by atoms with Crippen molar-refractivity contribution in [1.29, 1.82) is 0 Å². The second-order valence-electron chi connectivity index (χ2n) is 5.61. The van der Waals surface area contributed by atoms with Crippen LogP contribution in [0.4, 0.5) is 4.39 Å². The lowest BCUT2D eigenvalue weighted by Gasteiger charge is -2.22. The molecule has 4 nitrogen and oxygen atoms in total. The lowest BCUT2D eigenvalue weighted by atomic mass is 9.99. The molecule has 0 aliphatic heterocycles. The van der Waals surface area contributed by atoms with E-state index < -0.39 is 17.3 Å². The molecule has 0 saturated heterocycles. The number of amides is 1. The molecule has 6 heteroatoms. The molecule has 0 bridgehead atoms. The Kier molecular flexibility index (Phi) is 4.51. The topological polar surface area (TPSA) is 62.5 Å². The Bertz CT molecular complexity index is 840. The number of aliphatic hydroxyl groups is 1. The van der Waals surface area contributed by atoms with E-state index in [9.17, 15) is 14.3 Å². The first-order valence-corrected chi connectivity index (χ1v) is 8.29. The number of hydrogen-bond donors (Lipinski definition) is 2. The second kappa shape index (κ2) is 6.59. The summed E-state index contributed by atoms with van der Waals surface area (Å²) in [5.41, 5.74) is -0.141. The van der Waals surface area contributed by atoms with Crippen molar-refractivity contribution in [2.45, 2.75) is 12.5 Å². The van der Waals surface area contributed by atoms with Crippen LogP contribution in [0.25, 0.3) is 11.3 Å². The van der Waals surface area contributed by atoms with Crippen LogP contribution in [0, 0.1) is 5.82 Å². The summed E-state index contributed by atoms with van der Waals surface area (Å²) in [7, 11) is 0. The Morgan fingerprint density at radius 3 is 2.79 bits per heavy atom. The maximum atomic E-state index is 13.8. The minimum Gasteiger partial charge on any atom is -0.451 e. The molecule has 1 aromatic carbocycles. The van der Waals surface area contributed by atoms with Gasteiger partial charge in [-0.05, 0) is 53.6 Å². The van der Waals surface area contributed by atoms with Crippen molar-refractivity contribution in [3.63, 3.8) is 0 Å². The fourth-order valence-electron chi connectivity index (χ4n) is 2.28. The highest BCUT2D eigenvalue weighted by atomic mass is 32.1. The van der Waals surface area contributed by atoms with E-state index in [1.54, 1.807) is 37.3 Å². The number of carbonyl (C=O) groups excluding carboxylic acids is 1. The molecule has 0 saturated carbocycles. The van der Waals surface area contributed by atoms with Gasteiger partial charge in [0.25, 0.3) is 5.91 Å². The number of rotatable bonds is 5. The van der Waals surface area contributed by atoms with Gasteiger partial charge in [0.15, 0.2) is 5.76 Å². The summed E-state index contributed by atoms with van der Waals surface area (Å²) in [6.45, 7) is 1.67. The third-order valence-electron chi connectivity index (χ3n) is 3.71. The van der Waals surface area contributed by atoms with Gasteiger partial charge in [-0.15, -0.1) is 0 Å². The van der Waals surface area contributed by atoms with Gasteiger partial charge in [-0.25, -0.2) is 4.39 Å². The van der Waals surface area contributed by atoms with E-state index in [0.29, 0.717) is 5.56 Å². The number of hydrogen-bond acceptors (Lipinski definition) is 4. The van der Waals surface area contributed by atoms with Crippen LogP contribution in [-0.2, 0) is 5.60 Å². The molecule has 0 aliphatic rings. The molecule has 24 heavy (non-hydrogen) atoms. The number of carbonyl (C=O) groups is 1. The third-order valence-corrected chi connectivity index (χ3v) is 4.39. The van der Waals surface area contributed by atoms with Crippen LogP contribution in [0.1, 0.15) is 23.0 Å². The monoisotopic (exact) mass is 345 g/mol. The standard InChI is InChI=1S/C18H16FNO3S/c1-18(22,12-8-9-24-10-12)11-20-17(21)16-7-6-15(23-16)13-4-2-3-5-14(13)19/h2-10,22H,11H2,1H3,(H,20,21). The van der Waals surface area contributed by atoms with Gasteiger partial charge >= 0.3 is 0 Å². The zero-order chi connectivity index (χ0) is 17.2. The van der Waals surface area contributed by atoms with Crippen LogP contribution in [0.15, 0.2) is 57.6 Å². The predicted octanol–water partition coefficient (Wildman–Crippen LogP) is 3.78. The summed E-state index contributed by atoms with van der Waals surface area (Å²) >= 11 is 1.47. The molecular formula is C18H16FNO3S. The predicted molar refractivity (Wildman–Crippen MR) is 90.3 cm³/mol. The maximum Gasteiger partial charge on any atom is 0.287 e. The molecule has 2 heterocycles. The average Bonchev–Trinajstić information content (AvgIpc) is 3.25. The molecule has 2 N–H and O–H groups in total. The first-order chi connectivity index (χ1) is 11.5. The third kappa shape index (κ3) is 3.39. The van der Waals surface area contributed by atoms with E-state index in [0.717, 1.165) is 5.56 Å². The zero-order valence-corrected chi connectivity index (χ0v) is 13.8. The summed E-state index contributed by atoms with van der Waals surface area (Å²) in [5, 5.41) is 16.7. The van der Waals surface area contributed by atoms with Crippen molar-refractivity contribution in [1.82, 2.24) is 5.32 Å². The normalized spacial score (nSPS) is 13.5. The fourth-order valence-corrected chi connectivity index (χ4v) is 3.06. The molecular weight excluding hydrogens is 329 g/mol. The highest BCUT2D eigenvalue weighted by molar-refractivity contribution is 7.08. The van der Waals surface area contributed by atoms with Crippen LogP contribution >= 0.6 is 11.3 Å². The number of halogens is 1. The minimum absolute atomic E-state index is 0.0400. The van der Waals surface area contributed by atoms with E-state index in [1.165, 1.54) is 23.5 Å². The molecule has 1 atom stereocenters. The Balaban J connectivity index is 1.70. The SMILES string of the molecule is CC(O)(CNC(=O)c1ccc(-c2ccccc2F)o1)c1ccsc1. The van der Waals surface area contributed by atoms with Gasteiger partial charge in [-0.2, -0.15) is 11.3 Å². The maximum absolute atomic E-state index is 13.8. The Hall–Kier alpha value is -2.44. The van der Waals surface area contributed by atoms with Crippen LogP contribution in [0.3, 0.4) is 0 Å². The minimum atomic E-state index is -1.17. The highest BCUT2D eigenvalue weighted by Crippen LogP contribution is 2.25. The summed E-state index contributed by atoms with van der Waals surface area (Å²) in [5.74, 6) is -0.537. The van der Waals surface area contributed by atoms with Gasteiger partial charge in [0.1, 0.15) is 17.2 Å². The van der Waals surface area contributed by atoms with E-state index in [1.807, 2.05) is 10.8 Å². The number of thiophene rings is 1. The van der Waals surface area contributed by atoms with Crippen molar-refractivity contribution in [3.05, 3.63) is 70.4 Å². The molecule has 0 radical (unpaired) electrons. The average molecular weight is 345 g/mol. The van der Waals surface area contributed by atoms with Gasteiger partial charge in [0.2, 0.25) is 0 Å². The Morgan fingerprint density at radius 2 is 2.08 bits per heavy atom. The molecule has 1 amide bonds. The smallest absolute Gasteiger partial charge is 0.287 e. The van der Waals surface area contributed by atoms with Crippen molar-refractivity contribution in [3.8, 4) is 11.3 Å². The summed E-state index contributed by atoms with van der Waals surface area (Å²) in [4.78, 5) is 12.2. The largest absolute Gasteiger partial charge is 0.451 e. The van der Waals surface area contributed by atoms with Crippen molar-refractivity contribution < 1.29 is 18.7 Å². The molecule has 2 aromatic heterocycles. The van der Waals surface area contributed by atoms with E-state index in [-0.39, 0.29) is 18.1 Å². The molecule has 0 spiro atoms. The van der Waals surface area contributed by atoms with Crippen LogP contribution in [-0.4, -0.2) is 17.6 Å². The molecule has 1 unspecified atom stereocenters. The quantitative estimate of drug-likeness (QED) is 0.740. The van der Waals surface area contributed by atoms with E-state index >= 15 is 0 Å². The molecule has 3 rings (SSSR count). The van der Waals surface area contributed by atoms with Gasteiger partial charge in [0.05, 0.1) is 12.1 Å². The second-order valence-corrected chi connectivity index (χ2v) is 6.39. The highest BCUT2D eigenvalue weighted by Gasteiger charge is 2.25. The first kappa shape index (κ1) is 16.4. The Morgan fingerprint density at radius 1 is 1.29 bits per heavy atom. The van der Waals surface area contributed by atoms with Crippen LogP contribution in [0.5, 0.6) is 0 Å². The van der Waals surface area contributed by atoms with Crippen molar-refractivity contribution >= 4 is 17.2 Å². The van der Waals surface area contributed by atoms with Crippen LogP contribution < -0.4 is 5.32 Å². The Labute approximate surface area is 142 Å². The number of nitrogens with one attached hydrogen (secondary N) is 1. The lowest BCUT2D eigenvalue weighted by molar-refractivity contribution is 0.0522. The summed E-state index contributed by atoms with van der Waals surface area (Å²) in [6.07, 6.45) is 0. The number of furan rings is 1. The van der Waals surface area contributed by atoms with E-state index in [2.05, 4.69) is 5.32 Å². The van der Waals surface area contributed by atoms with Gasteiger partial charge in [0, 0.05) is 0 Å². The first-order valence-electron chi connectivity index (χ1n) is 7.35. The van der Waals surface area contributed by atoms with Crippen LogP contribution in [0.2, 0.25) is 0 Å². The van der Waals surface area contributed by atoms with Gasteiger partial charge in [-0.1, -0.05) is 12.1 Å². The van der Waals surface area contributed by atoms with Crippen molar-refractivity contribution in [2.75, 3.05) is 6.54 Å². The fraction of sp³-hybridized carbons (Fsp3) is 0.167. The zero-order valence-electron chi connectivity index (χ0n) is 13.0. The molecule has 0 aliphatic carbocycles. The van der Waals surface area contributed by atoms with E-state index in [4.69, 9.17) is 4.42 Å². The number of benzene rings is 1. The summed E-state index contributed by atoms with van der Waals surface area (Å²) < 4.78 is 19.2. The molecule has 3 aromatic rings. The summed E-state index contributed by atoms with van der Waals surface area (Å²) in [6, 6.07) is 11.0. The van der Waals surface area contributed by atoms with Gasteiger partial charge < -0.3 is 14.8 Å². The molecule has 124 valence electrons. The molecule has 0 fully saturated rings. The lowest BCUT2D eigenvalue weighted by Crippen LogP contribution is -2.38. The van der Waals surface area contributed by atoms with Gasteiger partial charge in [-0.3, -0.25) is 4.79 Å². The van der Waals surface area contributed by atoms with Crippen molar-refractivity contribution in [2.24, 2.45) is 0 Å².